The summed E-state index contributed by atoms with van der Waals surface area (Å²) < 4.78 is 5.14. The second-order valence-electron chi connectivity index (χ2n) is 5.23. The van der Waals surface area contributed by atoms with Gasteiger partial charge in [-0.1, -0.05) is 12.1 Å². The average molecular weight is 279 g/mol. The highest BCUT2D eigenvalue weighted by Gasteiger charge is 2.37. The van der Waals surface area contributed by atoms with E-state index in [2.05, 4.69) is 0 Å². The van der Waals surface area contributed by atoms with Crippen LogP contribution in [0, 0.1) is 5.92 Å². The van der Waals surface area contributed by atoms with Crippen LogP contribution in [0.3, 0.4) is 0 Å². The molecule has 2 N–H and O–H groups in total. The van der Waals surface area contributed by atoms with Crippen LogP contribution < -0.4 is 4.74 Å². The minimum absolute atomic E-state index is 0.0123. The maximum Gasteiger partial charge on any atom is 0.407 e. The lowest BCUT2D eigenvalue weighted by Crippen LogP contribution is -2.50. The summed E-state index contributed by atoms with van der Waals surface area (Å²) in [6.07, 6.45) is -0.182. The molecule has 1 amide bonds. The van der Waals surface area contributed by atoms with Crippen molar-refractivity contribution >= 4 is 6.09 Å². The Morgan fingerprint density at radius 3 is 2.55 bits per heavy atom. The van der Waals surface area contributed by atoms with Gasteiger partial charge >= 0.3 is 6.09 Å². The number of nitrogens with zero attached hydrogens (tertiary/aromatic N) is 1. The number of piperidine rings is 1. The Kier molecular flexibility index (Phi) is 4.49. The standard InChI is InChI=1S/C15H21NO4/c1-10-14(9-17)13(7-8-16(10)15(18)19)11-3-5-12(20-2)6-4-11/h3-6,10,13-14,17H,7-9H2,1-2H3,(H,18,19)/t10-,13?,14-/m1/s1. The average Bonchev–Trinajstić information content (AvgIpc) is 2.46. The minimum Gasteiger partial charge on any atom is -0.497 e. The van der Waals surface area contributed by atoms with Crippen molar-refractivity contribution in [2.24, 2.45) is 5.92 Å². The number of ether oxygens (including phenoxy) is 1. The lowest BCUT2D eigenvalue weighted by molar-refractivity contribution is 0.0494. The van der Waals surface area contributed by atoms with Crippen LogP contribution in [-0.4, -0.2) is 47.5 Å². The molecule has 1 saturated heterocycles. The van der Waals surface area contributed by atoms with E-state index < -0.39 is 6.09 Å². The highest BCUT2D eigenvalue weighted by atomic mass is 16.5. The molecule has 2 rings (SSSR count). The first-order chi connectivity index (χ1) is 9.58. The molecule has 1 aliphatic heterocycles. The maximum atomic E-state index is 11.2. The van der Waals surface area contributed by atoms with Crippen LogP contribution in [0.4, 0.5) is 4.79 Å². The predicted molar refractivity (Wildman–Crippen MR) is 75.1 cm³/mol. The van der Waals surface area contributed by atoms with E-state index in [0.717, 1.165) is 17.7 Å². The lowest BCUT2D eigenvalue weighted by Gasteiger charge is -2.42. The number of hydrogen-bond donors (Lipinski definition) is 2. The highest BCUT2D eigenvalue weighted by molar-refractivity contribution is 5.65. The van der Waals surface area contributed by atoms with E-state index in [1.54, 1.807) is 7.11 Å². The summed E-state index contributed by atoms with van der Waals surface area (Å²) in [7, 11) is 1.62. The summed E-state index contributed by atoms with van der Waals surface area (Å²) in [6, 6.07) is 7.61. The van der Waals surface area contributed by atoms with Crippen LogP contribution in [0.15, 0.2) is 24.3 Å². The normalized spacial score (nSPS) is 26.4. The quantitative estimate of drug-likeness (QED) is 0.889. The van der Waals surface area contributed by atoms with Crippen LogP contribution in [0.5, 0.6) is 5.75 Å². The molecule has 3 atom stereocenters. The molecule has 0 spiro atoms. The van der Waals surface area contributed by atoms with E-state index in [1.165, 1.54) is 4.90 Å². The zero-order chi connectivity index (χ0) is 14.7. The van der Waals surface area contributed by atoms with Gasteiger partial charge in [-0.15, -0.1) is 0 Å². The Morgan fingerprint density at radius 1 is 1.40 bits per heavy atom. The van der Waals surface area contributed by atoms with Gasteiger partial charge < -0.3 is 19.8 Å². The van der Waals surface area contributed by atoms with E-state index in [4.69, 9.17) is 4.74 Å². The van der Waals surface area contributed by atoms with Gasteiger partial charge in [-0.25, -0.2) is 4.79 Å². The smallest absolute Gasteiger partial charge is 0.407 e. The first-order valence-electron chi connectivity index (χ1n) is 6.82. The van der Waals surface area contributed by atoms with Crippen molar-refractivity contribution < 1.29 is 19.7 Å². The zero-order valence-corrected chi connectivity index (χ0v) is 11.8. The Bertz CT molecular complexity index is 459. The van der Waals surface area contributed by atoms with Gasteiger partial charge in [0.2, 0.25) is 0 Å². The molecule has 1 fully saturated rings. The number of rotatable bonds is 3. The topological polar surface area (TPSA) is 70.0 Å². The molecule has 110 valence electrons. The van der Waals surface area contributed by atoms with Gasteiger partial charge in [0.05, 0.1) is 7.11 Å². The molecule has 0 aromatic heterocycles. The second-order valence-corrected chi connectivity index (χ2v) is 5.23. The summed E-state index contributed by atoms with van der Waals surface area (Å²) in [6.45, 7) is 2.36. The number of aliphatic hydroxyl groups excluding tert-OH is 1. The van der Waals surface area contributed by atoms with Crippen molar-refractivity contribution in [3.05, 3.63) is 29.8 Å². The van der Waals surface area contributed by atoms with Crippen molar-refractivity contribution in [1.82, 2.24) is 4.90 Å². The summed E-state index contributed by atoms with van der Waals surface area (Å²) in [5, 5.41) is 18.8. The summed E-state index contributed by atoms with van der Waals surface area (Å²) >= 11 is 0. The van der Waals surface area contributed by atoms with Crippen LogP contribution in [0.1, 0.15) is 24.8 Å². The molecular weight excluding hydrogens is 258 g/mol. The van der Waals surface area contributed by atoms with Gasteiger partial charge in [0.15, 0.2) is 0 Å². The third kappa shape index (κ3) is 2.72. The Labute approximate surface area is 118 Å². The fraction of sp³-hybridized carbons (Fsp3) is 0.533. The van der Waals surface area contributed by atoms with Crippen LogP contribution >= 0.6 is 0 Å². The van der Waals surface area contributed by atoms with E-state index in [0.29, 0.717) is 6.54 Å². The number of aliphatic hydroxyl groups is 1. The molecule has 0 radical (unpaired) electrons. The van der Waals surface area contributed by atoms with Crippen LogP contribution in [0.2, 0.25) is 0 Å². The van der Waals surface area contributed by atoms with Gasteiger partial charge in [0.25, 0.3) is 0 Å². The van der Waals surface area contributed by atoms with Crippen LogP contribution in [-0.2, 0) is 0 Å². The van der Waals surface area contributed by atoms with Gasteiger partial charge in [-0.05, 0) is 37.0 Å². The molecular formula is C15H21NO4. The zero-order valence-electron chi connectivity index (χ0n) is 11.8. The third-order valence-electron chi connectivity index (χ3n) is 4.31. The molecule has 1 heterocycles. The number of methoxy groups -OCH3 is 1. The number of amides is 1. The number of carboxylic acid groups (broad SMARTS) is 1. The molecule has 1 aromatic rings. The fourth-order valence-electron chi connectivity index (χ4n) is 3.08. The molecule has 0 bridgehead atoms. The van der Waals surface area contributed by atoms with Gasteiger partial charge in [0.1, 0.15) is 5.75 Å². The Hall–Kier alpha value is -1.75. The number of benzene rings is 1. The van der Waals surface area contributed by atoms with Gasteiger partial charge in [0, 0.05) is 25.1 Å². The summed E-state index contributed by atoms with van der Waals surface area (Å²) in [4.78, 5) is 12.6. The molecule has 1 aliphatic rings. The molecule has 5 nitrogen and oxygen atoms in total. The highest BCUT2D eigenvalue weighted by Crippen LogP contribution is 2.37. The Balaban J connectivity index is 2.20. The molecule has 0 aliphatic carbocycles. The van der Waals surface area contributed by atoms with E-state index in [1.807, 2.05) is 31.2 Å². The predicted octanol–water partition coefficient (Wildman–Crippen LogP) is 2.16. The monoisotopic (exact) mass is 279 g/mol. The largest absolute Gasteiger partial charge is 0.497 e. The van der Waals surface area contributed by atoms with E-state index in [-0.39, 0.29) is 24.5 Å². The van der Waals surface area contributed by atoms with E-state index in [9.17, 15) is 15.0 Å². The Morgan fingerprint density at radius 2 is 2.05 bits per heavy atom. The van der Waals surface area contributed by atoms with Gasteiger partial charge in [-0.2, -0.15) is 0 Å². The SMILES string of the molecule is COc1ccc(C2CCN(C(=O)O)[C@H](C)[C@H]2CO)cc1. The molecule has 1 unspecified atom stereocenters. The van der Waals surface area contributed by atoms with Crippen LogP contribution in [0.25, 0.3) is 0 Å². The molecule has 0 saturated carbocycles. The first-order valence-corrected chi connectivity index (χ1v) is 6.82. The van der Waals surface area contributed by atoms with Crippen molar-refractivity contribution in [3.8, 4) is 5.75 Å². The summed E-state index contributed by atoms with van der Waals surface area (Å²) in [5.41, 5.74) is 1.13. The maximum absolute atomic E-state index is 11.2. The number of carbonyl (C=O) groups is 1. The number of likely N-dealkylation sites (tertiary alicyclic amines) is 1. The summed E-state index contributed by atoms with van der Waals surface area (Å²) in [5.74, 6) is 0.898. The van der Waals surface area contributed by atoms with Gasteiger partial charge in [-0.3, -0.25) is 0 Å². The third-order valence-corrected chi connectivity index (χ3v) is 4.31. The van der Waals surface area contributed by atoms with Crippen molar-refractivity contribution in [2.75, 3.05) is 20.3 Å². The van der Waals surface area contributed by atoms with E-state index >= 15 is 0 Å². The lowest BCUT2D eigenvalue weighted by atomic mass is 9.77. The molecule has 5 heteroatoms. The number of hydrogen-bond acceptors (Lipinski definition) is 3. The van der Waals surface area contributed by atoms with Crippen molar-refractivity contribution in [1.29, 1.82) is 0 Å². The molecule has 20 heavy (non-hydrogen) atoms. The first kappa shape index (κ1) is 14.7. The second kappa shape index (κ2) is 6.13. The van der Waals surface area contributed by atoms with Crippen molar-refractivity contribution in [2.45, 2.75) is 25.3 Å². The fourth-order valence-corrected chi connectivity index (χ4v) is 3.08. The minimum atomic E-state index is -0.913. The van der Waals surface area contributed by atoms with Crippen molar-refractivity contribution in [3.63, 3.8) is 0 Å². The molecule has 1 aromatic carbocycles.